The third kappa shape index (κ3) is 3.50. The van der Waals surface area contributed by atoms with Crippen LogP contribution in [-0.2, 0) is 13.1 Å². The van der Waals surface area contributed by atoms with Gasteiger partial charge in [0, 0.05) is 29.7 Å². The van der Waals surface area contributed by atoms with Crippen molar-refractivity contribution in [2.24, 2.45) is 0 Å². The second-order valence-corrected chi connectivity index (χ2v) is 7.43. The van der Waals surface area contributed by atoms with Gasteiger partial charge in [0.25, 0.3) is 0 Å². The number of hydrogen-bond acceptors (Lipinski definition) is 5. The molecule has 3 heterocycles. The fourth-order valence-corrected chi connectivity index (χ4v) is 3.72. The number of nitrogens with zero attached hydrogens (tertiary/aromatic N) is 2. The molecule has 0 saturated carbocycles. The Balaban J connectivity index is 1.53. The van der Waals surface area contributed by atoms with Gasteiger partial charge in [-0.1, -0.05) is 29.8 Å². The zero-order valence-corrected chi connectivity index (χ0v) is 16.2. The standard InChI is InChI=1S/C23H17ClN2O3/c24-17-7-4-15(5-8-17)19-11-16-6-9-21-20(22(16)29-23(19)27)13-26(14-28-21)12-18-3-1-2-10-25-18/h1-11H,12-14H2. The highest BCUT2D eigenvalue weighted by Crippen LogP contribution is 2.33. The highest BCUT2D eigenvalue weighted by atomic mass is 35.5. The molecule has 0 spiro atoms. The average molecular weight is 405 g/mol. The Bertz CT molecular complexity index is 1240. The summed E-state index contributed by atoms with van der Waals surface area (Å²) in [5.74, 6) is 0.747. The van der Waals surface area contributed by atoms with Crippen LogP contribution in [-0.4, -0.2) is 16.6 Å². The second-order valence-electron chi connectivity index (χ2n) is 7.00. The first kappa shape index (κ1) is 17.9. The van der Waals surface area contributed by atoms with E-state index in [1.54, 1.807) is 18.3 Å². The van der Waals surface area contributed by atoms with Crippen molar-refractivity contribution in [2.45, 2.75) is 13.1 Å². The molecule has 2 aromatic heterocycles. The van der Waals surface area contributed by atoms with Gasteiger partial charge < -0.3 is 9.15 Å². The zero-order valence-electron chi connectivity index (χ0n) is 15.5. The normalized spacial score (nSPS) is 13.8. The minimum Gasteiger partial charge on any atom is -0.478 e. The number of fused-ring (bicyclic) bond motifs is 3. The van der Waals surface area contributed by atoms with Gasteiger partial charge in [0.2, 0.25) is 0 Å². The number of benzene rings is 2. The molecule has 0 fully saturated rings. The Labute approximate surface area is 172 Å². The van der Waals surface area contributed by atoms with E-state index in [0.29, 0.717) is 36.0 Å². The van der Waals surface area contributed by atoms with Gasteiger partial charge in [-0.3, -0.25) is 9.88 Å². The number of ether oxygens (including phenoxy) is 1. The monoisotopic (exact) mass is 404 g/mol. The molecule has 0 unspecified atom stereocenters. The van der Waals surface area contributed by atoms with E-state index in [1.807, 2.05) is 48.5 Å². The van der Waals surface area contributed by atoms with Crippen LogP contribution in [0.3, 0.4) is 0 Å². The summed E-state index contributed by atoms with van der Waals surface area (Å²) in [7, 11) is 0. The Morgan fingerprint density at radius 1 is 1.07 bits per heavy atom. The van der Waals surface area contributed by atoms with Crippen molar-refractivity contribution in [1.29, 1.82) is 0 Å². The van der Waals surface area contributed by atoms with Crippen molar-refractivity contribution < 1.29 is 9.15 Å². The minimum absolute atomic E-state index is 0.380. The van der Waals surface area contributed by atoms with Gasteiger partial charge in [0.15, 0.2) is 0 Å². The lowest BCUT2D eigenvalue weighted by Gasteiger charge is -2.29. The molecule has 6 heteroatoms. The van der Waals surface area contributed by atoms with Crippen LogP contribution in [0.15, 0.2) is 76.1 Å². The van der Waals surface area contributed by atoms with Gasteiger partial charge in [0.05, 0.1) is 16.8 Å². The van der Waals surface area contributed by atoms with Crippen LogP contribution in [0.5, 0.6) is 5.75 Å². The molecule has 4 aromatic rings. The van der Waals surface area contributed by atoms with E-state index in [4.69, 9.17) is 20.8 Å². The fourth-order valence-electron chi connectivity index (χ4n) is 3.59. The number of aromatic nitrogens is 1. The lowest BCUT2D eigenvalue weighted by atomic mass is 10.0. The third-order valence-corrected chi connectivity index (χ3v) is 5.27. The molecule has 29 heavy (non-hydrogen) atoms. The van der Waals surface area contributed by atoms with Crippen molar-refractivity contribution in [1.82, 2.24) is 9.88 Å². The van der Waals surface area contributed by atoms with Gasteiger partial charge in [-0.25, -0.2) is 4.79 Å². The summed E-state index contributed by atoms with van der Waals surface area (Å²) in [6.07, 6.45) is 1.78. The number of hydrogen-bond donors (Lipinski definition) is 0. The van der Waals surface area contributed by atoms with Crippen LogP contribution in [0.1, 0.15) is 11.3 Å². The summed E-state index contributed by atoms with van der Waals surface area (Å²) in [5, 5.41) is 1.48. The van der Waals surface area contributed by atoms with Crippen molar-refractivity contribution in [3.8, 4) is 16.9 Å². The molecular weight excluding hydrogens is 388 g/mol. The van der Waals surface area contributed by atoms with E-state index in [1.165, 1.54) is 0 Å². The molecule has 0 aliphatic carbocycles. The lowest BCUT2D eigenvalue weighted by molar-refractivity contribution is 0.0878. The van der Waals surface area contributed by atoms with Gasteiger partial charge in [-0.2, -0.15) is 0 Å². The van der Waals surface area contributed by atoms with Crippen LogP contribution < -0.4 is 10.4 Å². The van der Waals surface area contributed by atoms with Gasteiger partial charge in [-0.05, 0) is 48.0 Å². The fraction of sp³-hybridized carbons (Fsp3) is 0.130. The highest BCUT2D eigenvalue weighted by molar-refractivity contribution is 6.30. The average Bonchev–Trinajstić information content (AvgIpc) is 2.75. The Kier molecular flexibility index (Phi) is 4.54. The summed E-state index contributed by atoms with van der Waals surface area (Å²) in [6.45, 7) is 1.73. The first-order valence-corrected chi connectivity index (χ1v) is 9.66. The summed E-state index contributed by atoms with van der Waals surface area (Å²) in [5.41, 5.74) is 3.31. The first-order valence-electron chi connectivity index (χ1n) is 9.28. The maximum atomic E-state index is 12.7. The van der Waals surface area contributed by atoms with Crippen LogP contribution in [0.4, 0.5) is 0 Å². The third-order valence-electron chi connectivity index (χ3n) is 5.01. The molecular formula is C23H17ClN2O3. The summed E-state index contributed by atoms with van der Waals surface area (Å²) >= 11 is 5.96. The van der Waals surface area contributed by atoms with Gasteiger partial charge in [-0.15, -0.1) is 0 Å². The smallest absolute Gasteiger partial charge is 0.344 e. The molecule has 0 atom stereocenters. The minimum atomic E-state index is -0.380. The van der Waals surface area contributed by atoms with Gasteiger partial charge in [0.1, 0.15) is 18.1 Å². The molecule has 0 saturated heterocycles. The van der Waals surface area contributed by atoms with Crippen molar-refractivity contribution in [3.05, 3.63) is 93.6 Å². The molecule has 0 radical (unpaired) electrons. The molecule has 5 nitrogen and oxygen atoms in total. The molecule has 0 N–H and O–H groups in total. The van der Waals surface area contributed by atoms with Crippen LogP contribution >= 0.6 is 11.6 Å². The Hall–Kier alpha value is -3.15. The topological polar surface area (TPSA) is 55.6 Å². The molecule has 144 valence electrons. The van der Waals surface area contributed by atoms with Crippen LogP contribution in [0, 0.1) is 0 Å². The van der Waals surface area contributed by atoms with E-state index < -0.39 is 0 Å². The predicted octanol–water partition coefficient (Wildman–Crippen LogP) is 4.86. The molecule has 0 amide bonds. The lowest BCUT2D eigenvalue weighted by Crippen LogP contribution is -2.32. The number of rotatable bonds is 3. The summed E-state index contributed by atoms with van der Waals surface area (Å²) in [6, 6.07) is 18.7. The number of halogens is 1. The van der Waals surface area contributed by atoms with Crippen LogP contribution in [0.25, 0.3) is 22.1 Å². The van der Waals surface area contributed by atoms with Crippen LogP contribution in [0.2, 0.25) is 5.02 Å². The van der Waals surface area contributed by atoms with E-state index in [-0.39, 0.29) is 5.63 Å². The zero-order chi connectivity index (χ0) is 19.8. The first-order chi connectivity index (χ1) is 14.2. The molecule has 5 rings (SSSR count). The Morgan fingerprint density at radius 2 is 1.93 bits per heavy atom. The Morgan fingerprint density at radius 3 is 2.72 bits per heavy atom. The maximum Gasteiger partial charge on any atom is 0.344 e. The largest absolute Gasteiger partial charge is 0.478 e. The summed E-state index contributed by atoms with van der Waals surface area (Å²) in [4.78, 5) is 19.2. The molecule has 2 aromatic carbocycles. The van der Waals surface area contributed by atoms with Crippen molar-refractivity contribution >= 4 is 22.6 Å². The van der Waals surface area contributed by atoms with E-state index in [9.17, 15) is 4.79 Å². The molecule has 1 aliphatic rings. The van der Waals surface area contributed by atoms with Crippen molar-refractivity contribution in [2.75, 3.05) is 6.73 Å². The highest BCUT2D eigenvalue weighted by Gasteiger charge is 2.22. The SMILES string of the molecule is O=c1oc2c3c(ccc2cc1-c1ccc(Cl)cc1)OCN(Cc1ccccn1)C3. The molecule has 0 bridgehead atoms. The molecule has 1 aliphatic heterocycles. The maximum absolute atomic E-state index is 12.7. The van der Waals surface area contributed by atoms with Crippen molar-refractivity contribution in [3.63, 3.8) is 0 Å². The van der Waals surface area contributed by atoms with E-state index in [0.717, 1.165) is 28.0 Å². The second kappa shape index (κ2) is 7.35. The van der Waals surface area contributed by atoms with E-state index in [2.05, 4.69) is 9.88 Å². The van der Waals surface area contributed by atoms with E-state index >= 15 is 0 Å². The van der Waals surface area contributed by atoms with Gasteiger partial charge >= 0.3 is 5.63 Å². The summed E-state index contributed by atoms with van der Waals surface area (Å²) < 4.78 is 11.7. The quantitative estimate of drug-likeness (QED) is 0.456. The number of pyridine rings is 1. The predicted molar refractivity (Wildman–Crippen MR) is 112 cm³/mol.